The lowest BCUT2D eigenvalue weighted by Gasteiger charge is -2.29. The predicted octanol–water partition coefficient (Wildman–Crippen LogP) is 2.01. The smallest absolute Gasteiger partial charge is 0.230 e. The Hall–Kier alpha value is -1.43. The van der Waals surface area contributed by atoms with Crippen LogP contribution in [0.2, 0.25) is 0 Å². The molecule has 0 saturated heterocycles. The molecule has 0 aliphatic heterocycles. The molecule has 112 valence electrons. The van der Waals surface area contributed by atoms with E-state index < -0.39 is 5.91 Å². The lowest BCUT2D eigenvalue weighted by atomic mass is 9.85. The van der Waals surface area contributed by atoms with Crippen LogP contribution in [0.5, 0.6) is 0 Å². The fourth-order valence-electron chi connectivity index (χ4n) is 1.77. The molecule has 1 atom stereocenters. The molecule has 0 aliphatic carbocycles. The van der Waals surface area contributed by atoms with Crippen LogP contribution in [0.4, 0.5) is 0 Å². The molecule has 0 radical (unpaired) electrons. The van der Waals surface area contributed by atoms with E-state index in [1.54, 1.807) is 0 Å². The lowest BCUT2D eigenvalue weighted by Crippen LogP contribution is -2.37. The van der Waals surface area contributed by atoms with Crippen molar-refractivity contribution in [3.05, 3.63) is 23.7 Å². The number of hydrogen-bond acceptors (Lipinski definition) is 4. The van der Waals surface area contributed by atoms with Crippen LogP contribution in [0, 0.1) is 12.3 Å². The number of amides is 2. The number of carbonyl (C=O) groups excluding carboxylic acids is 2. The minimum absolute atomic E-state index is 0.134. The molecular formula is C14H22N2O3S. The number of thioether (sulfide) groups is 1. The van der Waals surface area contributed by atoms with Crippen molar-refractivity contribution in [1.82, 2.24) is 5.32 Å². The van der Waals surface area contributed by atoms with Crippen LogP contribution in [-0.4, -0.2) is 23.3 Å². The number of furan rings is 1. The summed E-state index contributed by atoms with van der Waals surface area (Å²) in [5.41, 5.74) is 4.86. The van der Waals surface area contributed by atoms with Gasteiger partial charge in [-0.15, -0.1) is 11.8 Å². The Morgan fingerprint density at radius 1 is 1.35 bits per heavy atom. The van der Waals surface area contributed by atoms with Crippen molar-refractivity contribution in [2.45, 2.75) is 33.7 Å². The molecule has 0 spiro atoms. The van der Waals surface area contributed by atoms with E-state index in [1.165, 1.54) is 11.8 Å². The van der Waals surface area contributed by atoms with Gasteiger partial charge in [0.2, 0.25) is 11.8 Å². The lowest BCUT2D eigenvalue weighted by molar-refractivity contribution is -0.120. The molecule has 0 bridgehead atoms. The summed E-state index contributed by atoms with van der Waals surface area (Å²) in [6, 6.07) is 3.54. The fourth-order valence-corrected chi connectivity index (χ4v) is 2.34. The summed E-state index contributed by atoms with van der Waals surface area (Å²) in [6.07, 6.45) is 0. The van der Waals surface area contributed by atoms with E-state index >= 15 is 0 Å². The highest BCUT2D eigenvalue weighted by Crippen LogP contribution is 2.33. The van der Waals surface area contributed by atoms with Gasteiger partial charge >= 0.3 is 0 Å². The van der Waals surface area contributed by atoms with Crippen molar-refractivity contribution < 1.29 is 14.0 Å². The second-order valence-corrected chi connectivity index (χ2v) is 6.76. The summed E-state index contributed by atoms with van der Waals surface area (Å²) in [6.45, 7) is 7.97. The number of nitrogens with two attached hydrogens (primary N) is 1. The third kappa shape index (κ3) is 5.28. The average molecular weight is 298 g/mol. The van der Waals surface area contributed by atoms with Gasteiger partial charge in [-0.2, -0.15) is 0 Å². The van der Waals surface area contributed by atoms with Crippen LogP contribution >= 0.6 is 11.8 Å². The summed E-state index contributed by atoms with van der Waals surface area (Å²) in [5, 5.41) is 2.95. The number of primary amides is 1. The first-order chi connectivity index (χ1) is 9.20. The monoisotopic (exact) mass is 298 g/mol. The zero-order chi connectivity index (χ0) is 15.3. The molecule has 2 amide bonds. The highest BCUT2D eigenvalue weighted by molar-refractivity contribution is 8.00. The van der Waals surface area contributed by atoms with E-state index in [9.17, 15) is 9.59 Å². The zero-order valence-electron chi connectivity index (χ0n) is 12.4. The molecule has 20 heavy (non-hydrogen) atoms. The number of nitrogens with one attached hydrogen (secondary N) is 1. The molecule has 0 aromatic carbocycles. The van der Waals surface area contributed by atoms with Crippen LogP contribution in [0.25, 0.3) is 0 Å². The first-order valence-electron chi connectivity index (χ1n) is 6.42. The van der Waals surface area contributed by atoms with Crippen molar-refractivity contribution in [1.29, 1.82) is 0 Å². The largest absolute Gasteiger partial charge is 0.464 e. The molecule has 0 aliphatic rings. The topological polar surface area (TPSA) is 85.3 Å². The minimum Gasteiger partial charge on any atom is -0.464 e. The van der Waals surface area contributed by atoms with E-state index in [2.05, 4.69) is 5.32 Å². The van der Waals surface area contributed by atoms with Crippen LogP contribution in [-0.2, 0) is 9.59 Å². The molecule has 1 heterocycles. The number of aryl methyl sites for hydroxylation is 1. The van der Waals surface area contributed by atoms with Crippen molar-refractivity contribution in [3.8, 4) is 0 Å². The Bertz CT molecular complexity index is 477. The highest BCUT2D eigenvalue weighted by atomic mass is 32.2. The predicted molar refractivity (Wildman–Crippen MR) is 80.3 cm³/mol. The van der Waals surface area contributed by atoms with Gasteiger partial charge in [0.15, 0.2) is 0 Å². The second-order valence-electron chi connectivity index (χ2n) is 5.77. The van der Waals surface area contributed by atoms with E-state index in [-0.39, 0.29) is 28.9 Å². The van der Waals surface area contributed by atoms with Gasteiger partial charge in [-0.1, -0.05) is 20.8 Å². The standard InChI is InChI=1S/C14H22N2O3S/c1-9-5-6-10(19-9)13(14(2,3)4)16-12(18)8-20-7-11(15)17/h5-6,13H,7-8H2,1-4H3,(H2,15,17)(H,16,18). The molecule has 0 fully saturated rings. The Balaban J connectivity index is 2.67. The van der Waals surface area contributed by atoms with Gasteiger partial charge in [0.25, 0.3) is 0 Å². The maximum atomic E-state index is 11.9. The SMILES string of the molecule is Cc1ccc(C(NC(=O)CSCC(N)=O)C(C)(C)C)o1. The first-order valence-corrected chi connectivity index (χ1v) is 7.57. The van der Waals surface area contributed by atoms with Crippen LogP contribution < -0.4 is 11.1 Å². The zero-order valence-corrected chi connectivity index (χ0v) is 13.2. The van der Waals surface area contributed by atoms with Crippen LogP contribution in [0.1, 0.15) is 38.3 Å². The molecule has 6 heteroatoms. The summed E-state index contributed by atoms with van der Waals surface area (Å²) < 4.78 is 5.62. The van der Waals surface area contributed by atoms with E-state index in [0.29, 0.717) is 0 Å². The second kappa shape index (κ2) is 6.83. The fraction of sp³-hybridized carbons (Fsp3) is 0.571. The quantitative estimate of drug-likeness (QED) is 0.841. The van der Waals surface area contributed by atoms with Gasteiger partial charge in [-0.25, -0.2) is 0 Å². The highest BCUT2D eigenvalue weighted by Gasteiger charge is 2.30. The van der Waals surface area contributed by atoms with Gasteiger partial charge in [0.1, 0.15) is 11.5 Å². The molecule has 1 aromatic rings. The summed E-state index contributed by atoms with van der Waals surface area (Å²) in [7, 11) is 0. The molecule has 3 N–H and O–H groups in total. The van der Waals surface area contributed by atoms with Crippen molar-refractivity contribution in [3.63, 3.8) is 0 Å². The van der Waals surface area contributed by atoms with Gasteiger partial charge in [-0.05, 0) is 24.5 Å². The number of hydrogen-bond donors (Lipinski definition) is 2. The summed E-state index contributed by atoms with van der Waals surface area (Å²) in [4.78, 5) is 22.6. The van der Waals surface area contributed by atoms with Gasteiger partial charge in [0.05, 0.1) is 17.5 Å². The minimum atomic E-state index is -0.420. The average Bonchev–Trinajstić information content (AvgIpc) is 2.70. The maximum Gasteiger partial charge on any atom is 0.230 e. The molecule has 0 saturated carbocycles. The Morgan fingerprint density at radius 2 is 2.00 bits per heavy atom. The van der Waals surface area contributed by atoms with Crippen LogP contribution in [0.3, 0.4) is 0 Å². The van der Waals surface area contributed by atoms with E-state index in [1.807, 2.05) is 39.8 Å². The Labute approximate surface area is 123 Å². The third-order valence-electron chi connectivity index (χ3n) is 2.69. The normalized spacial score (nSPS) is 13.0. The molecule has 1 unspecified atom stereocenters. The number of rotatable bonds is 6. The van der Waals surface area contributed by atoms with Gasteiger partial charge in [-0.3, -0.25) is 9.59 Å². The molecular weight excluding hydrogens is 276 g/mol. The van der Waals surface area contributed by atoms with Crippen molar-refractivity contribution >= 4 is 23.6 Å². The van der Waals surface area contributed by atoms with Crippen molar-refractivity contribution in [2.24, 2.45) is 11.1 Å². The Morgan fingerprint density at radius 3 is 2.45 bits per heavy atom. The van der Waals surface area contributed by atoms with E-state index in [4.69, 9.17) is 10.2 Å². The van der Waals surface area contributed by atoms with Gasteiger partial charge in [0, 0.05) is 0 Å². The Kier molecular flexibility index (Phi) is 5.68. The molecule has 1 aromatic heterocycles. The van der Waals surface area contributed by atoms with Crippen molar-refractivity contribution in [2.75, 3.05) is 11.5 Å². The summed E-state index contributed by atoms with van der Waals surface area (Å²) in [5.74, 6) is 1.35. The van der Waals surface area contributed by atoms with Crippen LogP contribution in [0.15, 0.2) is 16.5 Å². The summed E-state index contributed by atoms with van der Waals surface area (Å²) >= 11 is 1.21. The van der Waals surface area contributed by atoms with E-state index in [0.717, 1.165) is 11.5 Å². The molecule has 1 rings (SSSR count). The number of carbonyl (C=O) groups is 2. The first kappa shape index (κ1) is 16.6. The molecule has 5 nitrogen and oxygen atoms in total. The maximum absolute atomic E-state index is 11.9. The third-order valence-corrected chi connectivity index (χ3v) is 3.65. The van der Waals surface area contributed by atoms with Gasteiger partial charge < -0.3 is 15.5 Å².